The highest BCUT2D eigenvalue weighted by Crippen LogP contribution is 2.28. The highest BCUT2D eigenvalue weighted by atomic mass is 19.2. The summed E-state index contributed by atoms with van der Waals surface area (Å²) in [6.07, 6.45) is 0.881. The number of hydrogen-bond donors (Lipinski definition) is 0. The molecule has 0 atom stereocenters. The quantitative estimate of drug-likeness (QED) is 0.653. The third kappa shape index (κ3) is 3.08. The van der Waals surface area contributed by atoms with Crippen LogP contribution in [0.25, 0.3) is 11.7 Å². The first kappa shape index (κ1) is 13.5. The lowest BCUT2D eigenvalue weighted by atomic mass is 10.1. The Bertz CT molecular complexity index is 578. The second kappa shape index (κ2) is 5.79. The van der Waals surface area contributed by atoms with Gasteiger partial charge in [0.1, 0.15) is 0 Å². The van der Waals surface area contributed by atoms with Crippen LogP contribution in [0.1, 0.15) is 29.2 Å². The van der Waals surface area contributed by atoms with Crippen LogP contribution in [-0.4, -0.2) is 0 Å². The average Bonchev–Trinajstić information content (AvgIpc) is 2.46. The second-order valence-electron chi connectivity index (χ2n) is 4.54. The van der Waals surface area contributed by atoms with Crippen molar-refractivity contribution in [2.45, 2.75) is 20.3 Å². The summed E-state index contributed by atoms with van der Waals surface area (Å²) in [4.78, 5) is 0. The monoisotopic (exact) mass is 258 g/mol. The van der Waals surface area contributed by atoms with Crippen LogP contribution >= 0.6 is 0 Å². The minimum Gasteiger partial charge on any atom is -0.203 e. The molecule has 0 bridgehead atoms. The van der Waals surface area contributed by atoms with E-state index < -0.39 is 11.7 Å². The van der Waals surface area contributed by atoms with E-state index in [0.717, 1.165) is 17.5 Å². The van der Waals surface area contributed by atoms with Crippen molar-refractivity contribution in [2.24, 2.45) is 0 Å². The molecule has 0 aliphatic rings. The van der Waals surface area contributed by atoms with Crippen molar-refractivity contribution in [3.05, 3.63) is 70.8 Å². The molecule has 0 N–H and O–H groups in total. The van der Waals surface area contributed by atoms with Gasteiger partial charge < -0.3 is 0 Å². The highest BCUT2D eigenvalue weighted by molar-refractivity contribution is 5.83. The fourth-order valence-corrected chi connectivity index (χ4v) is 1.84. The van der Waals surface area contributed by atoms with Gasteiger partial charge in [-0.2, -0.15) is 0 Å². The Hall–Kier alpha value is -1.96. The molecule has 2 aromatic rings. The van der Waals surface area contributed by atoms with Crippen molar-refractivity contribution in [3.63, 3.8) is 0 Å². The van der Waals surface area contributed by atoms with Gasteiger partial charge in [-0.05, 0) is 18.9 Å². The summed E-state index contributed by atoms with van der Waals surface area (Å²) in [7, 11) is 0. The van der Waals surface area contributed by atoms with Gasteiger partial charge in [0.2, 0.25) is 0 Å². The molecule has 0 aliphatic carbocycles. The molecule has 19 heavy (non-hydrogen) atoms. The maximum absolute atomic E-state index is 14.1. The van der Waals surface area contributed by atoms with Gasteiger partial charge in [-0.1, -0.05) is 61.0 Å². The fraction of sp³-hybridized carbons (Fsp3) is 0.176. The van der Waals surface area contributed by atoms with Crippen LogP contribution in [0.5, 0.6) is 0 Å². The molecule has 2 heteroatoms. The van der Waals surface area contributed by atoms with Gasteiger partial charge in [0, 0.05) is 11.1 Å². The first-order valence-electron chi connectivity index (χ1n) is 6.33. The van der Waals surface area contributed by atoms with Gasteiger partial charge in [0.05, 0.1) is 0 Å². The van der Waals surface area contributed by atoms with Crippen molar-refractivity contribution in [2.75, 3.05) is 0 Å². The molecule has 0 saturated carbocycles. The zero-order valence-corrected chi connectivity index (χ0v) is 11.1. The third-order valence-electron chi connectivity index (χ3n) is 3.11. The largest absolute Gasteiger partial charge is 0.203 e. The number of aryl methyl sites for hydroxylation is 2. The highest BCUT2D eigenvalue weighted by Gasteiger charge is 2.11. The second-order valence-corrected chi connectivity index (χ2v) is 4.54. The Morgan fingerprint density at radius 3 is 1.63 bits per heavy atom. The molecule has 0 amide bonds. The topological polar surface area (TPSA) is 0 Å². The van der Waals surface area contributed by atoms with E-state index >= 15 is 0 Å². The predicted octanol–water partition coefficient (Wildman–Crippen LogP) is 5.32. The minimum absolute atomic E-state index is 0.266. The lowest BCUT2D eigenvalue weighted by molar-refractivity contribution is 0.700. The van der Waals surface area contributed by atoms with Gasteiger partial charge in [-0.15, -0.1) is 0 Å². The van der Waals surface area contributed by atoms with Crippen molar-refractivity contribution >= 4 is 11.7 Å². The Morgan fingerprint density at radius 1 is 0.789 bits per heavy atom. The number of halogens is 2. The maximum atomic E-state index is 14.1. The molecule has 0 radical (unpaired) electrons. The van der Waals surface area contributed by atoms with Crippen LogP contribution in [0, 0.1) is 6.92 Å². The molecule has 2 aromatic carbocycles. The molecule has 0 fully saturated rings. The smallest absolute Gasteiger partial charge is 0.166 e. The van der Waals surface area contributed by atoms with Crippen LogP contribution in [0.2, 0.25) is 0 Å². The van der Waals surface area contributed by atoms with E-state index in [-0.39, 0.29) is 11.1 Å². The lowest BCUT2D eigenvalue weighted by Gasteiger charge is -2.04. The van der Waals surface area contributed by atoms with E-state index in [4.69, 9.17) is 0 Å². The van der Waals surface area contributed by atoms with E-state index in [9.17, 15) is 8.78 Å². The predicted molar refractivity (Wildman–Crippen MR) is 76.0 cm³/mol. The lowest BCUT2D eigenvalue weighted by Crippen LogP contribution is -1.86. The van der Waals surface area contributed by atoms with Gasteiger partial charge >= 0.3 is 0 Å². The molecule has 0 aliphatic heterocycles. The first-order valence-corrected chi connectivity index (χ1v) is 6.33. The molecule has 0 unspecified atom stereocenters. The SMILES string of the molecule is CCc1ccc(C(F)=C(F)c2ccc(C)cc2)cc1. The summed E-state index contributed by atoms with van der Waals surface area (Å²) in [5.41, 5.74) is 2.66. The van der Waals surface area contributed by atoms with Crippen LogP contribution in [0.4, 0.5) is 8.78 Å². The normalized spacial score (nSPS) is 12.2. The Labute approximate surface area is 112 Å². The Kier molecular flexibility index (Phi) is 4.10. The molecular weight excluding hydrogens is 242 g/mol. The summed E-state index contributed by atoms with van der Waals surface area (Å²) < 4.78 is 28.1. The summed E-state index contributed by atoms with van der Waals surface area (Å²) in [6, 6.07) is 13.6. The van der Waals surface area contributed by atoms with E-state index in [0.29, 0.717) is 0 Å². The Balaban J connectivity index is 2.36. The summed E-state index contributed by atoms with van der Waals surface area (Å²) in [5, 5.41) is 0. The molecular formula is C17H16F2. The van der Waals surface area contributed by atoms with Gasteiger partial charge in [-0.3, -0.25) is 0 Å². The van der Waals surface area contributed by atoms with Crippen molar-refractivity contribution < 1.29 is 8.78 Å². The summed E-state index contributed by atoms with van der Waals surface area (Å²) >= 11 is 0. The Morgan fingerprint density at radius 2 is 1.21 bits per heavy atom. The van der Waals surface area contributed by atoms with Crippen molar-refractivity contribution in [3.8, 4) is 0 Å². The molecule has 2 rings (SSSR count). The number of rotatable bonds is 3. The maximum Gasteiger partial charge on any atom is 0.166 e. The van der Waals surface area contributed by atoms with Gasteiger partial charge in [0.25, 0.3) is 0 Å². The van der Waals surface area contributed by atoms with Crippen molar-refractivity contribution in [1.29, 1.82) is 0 Å². The molecule has 0 heterocycles. The summed E-state index contributed by atoms with van der Waals surface area (Å²) in [5.74, 6) is -1.63. The van der Waals surface area contributed by atoms with Crippen LogP contribution in [0.3, 0.4) is 0 Å². The van der Waals surface area contributed by atoms with Crippen LogP contribution in [-0.2, 0) is 6.42 Å². The van der Waals surface area contributed by atoms with Gasteiger partial charge in [0.15, 0.2) is 11.7 Å². The first-order chi connectivity index (χ1) is 9.11. The van der Waals surface area contributed by atoms with Crippen LogP contribution in [0.15, 0.2) is 48.5 Å². The van der Waals surface area contributed by atoms with E-state index in [1.54, 1.807) is 36.4 Å². The van der Waals surface area contributed by atoms with Gasteiger partial charge in [-0.25, -0.2) is 8.78 Å². The number of hydrogen-bond acceptors (Lipinski definition) is 0. The molecule has 0 spiro atoms. The van der Waals surface area contributed by atoms with E-state index in [1.165, 1.54) is 0 Å². The standard InChI is InChI=1S/C17H16F2/c1-3-13-6-10-15(11-7-13)17(19)16(18)14-8-4-12(2)5-9-14/h4-11H,3H2,1-2H3. The number of benzene rings is 2. The van der Waals surface area contributed by atoms with Crippen molar-refractivity contribution in [1.82, 2.24) is 0 Å². The molecule has 0 saturated heterocycles. The zero-order chi connectivity index (χ0) is 13.8. The molecule has 0 aromatic heterocycles. The van der Waals surface area contributed by atoms with E-state index in [2.05, 4.69) is 0 Å². The average molecular weight is 258 g/mol. The minimum atomic E-state index is -0.816. The summed E-state index contributed by atoms with van der Waals surface area (Å²) in [6.45, 7) is 3.93. The molecule has 98 valence electrons. The zero-order valence-electron chi connectivity index (χ0n) is 11.1. The van der Waals surface area contributed by atoms with E-state index in [1.807, 2.05) is 26.0 Å². The van der Waals surface area contributed by atoms with Crippen LogP contribution < -0.4 is 0 Å². The molecule has 0 nitrogen and oxygen atoms in total. The third-order valence-corrected chi connectivity index (χ3v) is 3.11. The fourth-order valence-electron chi connectivity index (χ4n) is 1.84.